The maximum Gasteiger partial charge on any atom is 0.251 e. The molecule has 0 aliphatic carbocycles. The molecule has 170 valence electrons. The van der Waals surface area contributed by atoms with E-state index in [2.05, 4.69) is 15.6 Å². The van der Waals surface area contributed by atoms with Crippen LogP contribution in [0.15, 0.2) is 71.3 Å². The van der Waals surface area contributed by atoms with Gasteiger partial charge in [0.25, 0.3) is 5.91 Å². The van der Waals surface area contributed by atoms with Gasteiger partial charge in [0.15, 0.2) is 6.04 Å². The topological polar surface area (TPSA) is 102 Å². The number of aryl methyl sites for hydroxylation is 1. The molecule has 0 bridgehead atoms. The molecule has 2 aromatic carbocycles. The van der Waals surface area contributed by atoms with Gasteiger partial charge in [-0.3, -0.25) is 14.5 Å². The smallest absolute Gasteiger partial charge is 0.251 e. The van der Waals surface area contributed by atoms with Crippen molar-refractivity contribution in [2.75, 3.05) is 25.2 Å². The highest BCUT2D eigenvalue weighted by molar-refractivity contribution is 6.01. The molecule has 0 spiro atoms. The second kappa shape index (κ2) is 10.1. The first-order chi connectivity index (χ1) is 16.1. The molecule has 0 unspecified atom stereocenters. The lowest BCUT2D eigenvalue weighted by Gasteiger charge is -2.31. The van der Waals surface area contributed by atoms with Gasteiger partial charge in [-0.2, -0.15) is 0 Å². The zero-order valence-electron chi connectivity index (χ0n) is 18.5. The van der Waals surface area contributed by atoms with Gasteiger partial charge in [0.1, 0.15) is 17.8 Å². The summed E-state index contributed by atoms with van der Waals surface area (Å²) in [6.07, 6.45) is 1.48. The fraction of sp³-hybridized carbons (Fsp3) is 0.250. The molecule has 0 saturated heterocycles. The SMILES string of the molecule is COCCNC(=O)[C@@H](c1ccco1)N(C(=O)Cn1nnc2ccccc21)c1ccccc1C. The summed E-state index contributed by atoms with van der Waals surface area (Å²) < 4.78 is 12.2. The molecule has 0 radical (unpaired) electrons. The Hall–Kier alpha value is -3.98. The van der Waals surface area contributed by atoms with Crippen LogP contribution in [0.25, 0.3) is 11.0 Å². The average Bonchev–Trinajstić information content (AvgIpc) is 3.49. The summed E-state index contributed by atoms with van der Waals surface area (Å²) in [4.78, 5) is 28.5. The summed E-state index contributed by atoms with van der Waals surface area (Å²) in [5.74, 6) is -0.352. The van der Waals surface area contributed by atoms with Crippen LogP contribution in [-0.4, -0.2) is 47.1 Å². The Morgan fingerprint density at radius 2 is 1.91 bits per heavy atom. The quantitative estimate of drug-likeness (QED) is 0.396. The molecule has 2 aromatic heterocycles. The Kier molecular flexibility index (Phi) is 6.80. The number of hydrogen-bond donors (Lipinski definition) is 1. The first-order valence-electron chi connectivity index (χ1n) is 10.6. The third-order valence-corrected chi connectivity index (χ3v) is 5.27. The minimum absolute atomic E-state index is 0.0998. The molecule has 0 aliphatic heterocycles. The van der Waals surface area contributed by atoms with E-state index in [0.29, 0.717) is 30.1 Å². The van der Waals surface area contributed by atoms with Crippen molar-refractivity contribution >= 4 is 28.5 Å². The number of para-hydroxylation sites is 2. The lowest BCUT2D eigenvalue weighted by Crippen LogP contribution is -2.46. The van der Waals surface area contributed by atoms with Gasteiger partial charge in [-0.05, 0) is 42.8 Å². The zero-order valence-corrected chi connectivity index (χ0v) is 18.5. The maximum atomic E-state index is 13.8. The van der Waals surface area contributed by atoms with Gasteiger partial charge < -0.3 is 14.5 Å². The van der Waals surface area contributed by atoms with Crippen LogP contribution in [0.3, 0.4) is 0 Å². The number of aromatic nitrogens is 3. The van der Waals surface area contributed by atoms with Gasteiger partial charge in [-0.15, -0.1) is 5.10 Å². The molecule has 1 atom stereocenters. The van der Waals surface area contributed by atoms with E-state index >= 15 is 0 Å². The number of nitrogens with one attached hydrogen (secondary N) is 1. The molecular formula is C24H25N5O4. The molecule has 0 aliphatic rings. The molecule has 4 aromatic rings. The lowest BCUT2D eigenvalue weighted by atomic mass is 10.1. The lowest BCUT2D eigenvalue weighted by molar-refractivity contribution is -0.127. The first-order valence-corrected chi connectivity index (χ1v) is 10.6. The van der Waals surface area contributed by atoms with Gasteiger partial charge >= 0.3 is 0 Å². The van der Waals surface area contributed by atoms with E-state index in [1.165, 1.54) is 15.8 Å². The van der Waals surface area contributed by atoms with Gasteiger partial charge in [0.2, 0.25) is 5.91 Å². The highest BCUT2D eigenvalue weighted by Gasteiger charge is 2.35. The number of methoxy groups -OCH3 is 1. The van der Waals surface area contributed by atoms with E-state index in [9.17, 15) is 9.59 Å². The van der Waals surface area contributed by atoms with Crippen molar-refractivity contribution in [1.29, 1.82) is 0 Å². The molecule has 2 amide bonds. The van der Waals surface area contributed by atoms with Crippen molar-refractivity contribution in [3.05, 3.63) is 78.3 Å². The zero-order chi connectivity index (χ0) is 23.2. The van der Waals surface area contributed by atoms with Crippen LogP contribution in [0.4, 0.5) is 5.69 Å². The van der Waals surface area contributed by atoms with Crippen LogP contribution in [0.1, 0.15) is 17.4 Å². The van der Waals surface area contributed by atoms with Crippen LogP contribution < -0.4 is 10.2 Å². The van der Waals surface area contributed by atoms with Crippen molar-refractivity contribution in [2.24, 2.45) is 0 Å². The van der Waals surface area contributed by atoms with Crippen LogP contribution in [-0.2, 0) is 20.9 Å². The van der Waals surface area contributed by atoms with Crippen molar-refractivity contribution in [3.8, 4) is 0 Å². The number of amides is 2. The van der Waals surface area contributed by atoms with E-state index in [1.54, 1.807) is 19.2 Å². The molecule has 0 fully saturated rings. The van der Waals surface area contributed by atoms with Crippen molar-refractivity contribution < 1.29 is 18.7 Å². The minimum atomic E-state index is -1.01. The Balaban J connectivity index is 1.75. The number of hydrogen-bond acceptors (Lipinski definition) is 6. The minimum Gasteiger partial charge on any atom is -0.467 e. The summed E-state index contributed by atoms with van der Waals surface area (Å²) in [6, 6.07) is 17.2. The van der Waals surface area contributed by atoms with E-state index in [4.69, 9.17) is 9.15 Å². The van der Waals surface area contributed by atoms with Gasteiger partial charge in [0.05, 0.1) is 18.4 Å². The molecule has 1 N–H and O–H groups in total. The molecule has 0 saturated carbocycles. The maximum absolute atomic E-state index is 13.8. The predicted molar refractivity (Wildman–Crippen MR) is 123 cm³/mol. The number of nitrogens with zero attached hydrogens (tertiary/aromatic N) is 4. The van der Waals surface area contributed by atoms with Crippen LogP contribution in [0.2, 0.25) is 0 Å². The highest BCUT2D eigenvalue weighted by atomic mass is 16.5. The normalized spacial score (nSPS) is 11.9. The fourth-order valence-corrected chi connectivity index (χ4v) is 3.68. The Morgan fingerprint density at radius 3 is 2.67 bits per heavy atom. The summed E-state index contributed by atoms with van der Waals surface area (Å²) >= 11 is 0. The van der Waals surface area contributed by atoms with Gasteiger partial charge in [-0.25, -0.2) is 4.68 Å². The predicted octanol–water partition coefficient (Wildman–Crippen LogP) is 2.87. The molecule has 9 heteroatoms. The van der Waals surface area contributed by atoms with Crippen molar-refractivity contribution in [3.63, 3.8) is 0 Å². The summed E-state index contributed by atoms with van der Waals surface area (Å²) in [5.41, 5.74) is 2.87. The largest absolute Gasteiger partial charge is 0.467 e. The third kappa shape index (κ3) is 4.78. The van der Waals surface area contributed by atoms with Gasteiger partial charge in [0, 0.05) is 19.3 Å². The monoisotopic (exact) mass is 447 g/mol. The first kappa shape index (κ1) is 22.2. The number of carbonyl (C=O) groups excluding carboxylic acids is 2. The number of carbonyl (C=O) groups is 2. The summed E-state index contributed by atoms with van der Waals surface area (Å²) in [7, 11) is 1.56. The Labute approximate surface area is 190 Å². The fourth-order valence-electron chi connectivity index (χ4n) is 3.68. The van der Waals surface area contributed by atoms with E-state index in [1.807, 2.05) is 55.5 Å². The van der Waals surface area contributed by atoms with Crippen LogP contribution >= 0.6 is 0 Å². The second-order valence-corrected chi connectivity index (χ2v) is 7.49. The molecular weight excluding hydrogens is 422 g/mol. The summed E-state index contributed by atoms with van der Waals surface area (Å²) in [6.45, 7) is 2.44. The number of ether oxygens (including phenoxy) is 1. The molecule has 9 nitrogen and oxygen atoms in total. The van der Waals surface area contributed by atoms with Crippen molar-refractivity contribution in [2.45, 2.75) is 19.5 Å². The van der Waals surface area contributed by atoms with Crippen molar-refractivity contribution in [1.82, 2.24) is 20.3 Å². The molecule has 4 rings (SSSR count). The van der Waals surface area contributed by atoms with Crippen LogP contribution in [0, 0.1) is 6.92 Å². The standard InChI is InChI=1S/C24H25N5O4/c1-17-8-3-5-10-19(17)29(22(30)16-28-20-11-6-4-9-18(20)26-27-28)23(21-12-7-14-33-21)24(31)25-13-15-32-2/h3-12,14,23H,13,15-16H2,1-2H3,(H,25,31)/t23-/m1/s1. The number of rotatable bonds is 9. The van der Waals surface area contributed by atoms with Crippen LogP contribution in [0.5, 0.6) is 0 Å². The Bertz CT molecular complexity index is 1230. The number of fused-ring (bicyclic) bond motifs is 1. The average molecular weight is 447 g/mol. The van der Waals surface area contributed by atoms with E-state index in [-0.39, 0.29) is 18.4 Å². The third-order valence-electron chi connectivity index (χ3n) is 5.27. The summed E-state index contributed by atoms with van der Waals surface area (Å²) in [5, 5.41) is 11.1. The number of benzene rings is 2. The highest BCUT2D eigenvalue weighted by Crippen LogP contribution is 2.31. The van der Waals surface area contributed by atoms with E-state index in [0.717, 1.165) is 11.1 Å². The molecule has 33 heavy (non-hydrogen) atoms. The molecule has 2 heterocycles. The van der Waals surface area contributed by atoms with E-state index < -0.39 is 6.04 Å². The Morgan fingerprint density at radius 1 is 1.12 bits per heavy atom. The number of anilines is 1. The number of furan rings is 1. The second-order valence-electron chi connectivity index (χ2n) is 7.49. The van der Waals surface area contributed by atoms with Gasteiger partial charge in [-0.1, -0.05) is 35.5 Å².